The molecular weight excluding hydrogens is 689 g/mol. The van der Waals surface area contributed by atoms with E-state index >= 15 is 0 Å². The average molecular weight is 731 g/mol. The summed E-state index contributed by atoms with van der Waals surface area (Å²) in [6.45, 7) is 6.34. The minimum absolute atomic E-state index is 0.0578. The van der Waals surface area contributed by atoms with E-state index in [1.165, 1.54) is 0 Å². The third-order valence-electron chi connectivity index (χ3n) is 8.11. The summed E-state index contributed by atoms with van der Waals surface area (Å²) in [6, 6.07) is 19.2. The molecule has 1 aromatic heterocycles. The highest BCUT2D eigenvalue weighted by Crippen LogP contribution is 2.36. The van der Waals surface area contributed by atoms with Gasteiger partial charge in [0.15, 0.2) is 21.3 Å². The maximum Gasteiger partial charge on any atom is 0.490 e. The van der Waals surface area contributed by atoms with E-state index in [1.807, 2.05) is 63.2 Å². The predicted octanol–water partition coefficient (Wildman–Crippen LogP) is 6.77. The number of anilines is 2. The second-order valence-corrected chi connectivity index (χ2v) is 14.4. The van der Waals surface area contributed by atoms with Crippen LogP contribution in [-0.4, -0.2) is 66.5 Å². The Hall–Kier alpha value is -5.05. The van der Waals surface area contributed by atoms with Gasteiger partial charge in [0.05, 0.1) is 22.9 Å². The van der Waals surface area contributed by atoms with E-state index in [0.29, 0.717) is 58.5 Å². The standard InChI is InChI=1S/C34H40N4O5S.C2HF3O2/c1-5-42-30-20-24(13-16-29(30)43-22(2)3)32(37-26-14-15-28-23(19-26)17-18-36-33(28)35)34(39)38(4)21-25-9-6-7-12-31(25)44(40,41)27-10-8-11-27;3-2(4,5)1(6)7/h6-7,9,12-20,22,27,32,37H,5,8,10-11,21H2,1-4H3,(H2,35,36);(H,6,7)/t32-;/m0./s1. The first-order valence-electron chi connectivity index (χ1n) is 16.2. The molecule has 0 radical (unpaired) electrons. The Morgan fingerprint density at radius 2 is 1.75 bits per heavy atom. The molecule has 4 aromatic rings. The number of hydrogen-bond acceptors (Lipinski definition) is 9. The van der Waals surface area contributed by atoms with Crippen molar-refractivity contribution in [3.8, 4) is 11.5 Å². The number of carbonyl (C=O) groups excluding carboxylic acids is 1. The fourth-order valence-corrected chi connectivity index (χ4v) is 7.48. The van der Waals surface area contributed by atoms with Gasteiger partial charge in [0.2, 0.25) is 5.91 Å². The second kappa shape index (κ2) is 16.3. The van der Waals surface area contributed by atoms with Crippen molar-refractivity contribution < 1.29 is 45.8 Å². The van der Waals surface area contributed by atoms with E-state index in [2.05, 4.69) is 10.3 Å². The number of benzene rings is 3. The molecule has 1 aliphatic rings. The van der Waals surface area contributed by atoms with Crippen LogP contribution < -0.4 is 20.5 Å². The first-order chi connectivity index (χ1) is 24.0. The van der Waals surface area contributed by atoms with E-state index in [0.717, 1.165) is 17.2 Å². The molecule has 1 fully saturated rings. The number of rotatable bonds is 12. The number of aliphatic carboxylic acids is 1. The highest BCUT2D eigenvalue weighted by Gasteiger charge is 2.38. The topological polar surface area (TPSA) is 161 Å². The average Bonchev–Trinajstić information content (AvgIpc) is 3.03. The van der Waals surface area contributed by atoms with Crippen LogP contribution in [0.1, 0.15) is 57.2 Å². The van der Waals surface area contributed by atoms with Gasteiger partial charge in [0.1, 0.15) is 11.9 Å². The number of halogens is 3. The third-order valence-corrected chi connectivity index (χ3v) is 10.5. The van der Waals surface area contributed by atoms with Gasteiger partial charge in [-0.25, -0.2) is 18.2 Å². The van der Waals surface area contributed by atoms with Crippen molar-refractivity contribution in [1.29, 1.82) is 0 Å². The maximum atomic E-state index is 14.3. The van der Waals surface area contributed by atoms with Crippen LogP contribution in [0.4, 0.5) is 24.7 Å². The fourth-order valence-electron chi connectivity index (χ4n) is 5.40. The lowest BCUT2D eigenvalue weighted by Gasteiger charge is -2.29. The van der Waals surface area contributed by atoms with Crippen LogP contribution in [0.25, 0.3) is 10.8 Å². The molecule has 1 heterocycles. The smallest absolute Gasteiger partial charge is 0.490 e. The van der Waals surface area contributed by atoms with E-state index < -0.39 is 28.0 Å². The van der Waals surface area contributed by atoms with E-state index in [-0.39, 0.29) is 23.8 Å². The summed E-state index contributed by atoms with van der Waals surface area (Å²) in [5, 5.41) is 11.9. The number of nitrogens with two attached hydrogens (primary N) is 1. The number of aromatic nitrogens is 1. The number of likely N-dealkylation sites (N-methyl/N-ethyl adjacent to an activating group) is 1. The number of amides is 1. The summed E-state index contributed by atoms with van der Waals surface area (Å²) >= 11 is 0. The van der Waals surface area contributed by atoms with Crippen molar-refractivity contribution in [1.82, 2.24) is 9.88 Å². The van der Waals surface area contributed by atoms with E-state index in [4.69, 9.17) is 25.1 Å². The molecule has 1 atom stereocenters. The number of carboxylic acids is 1. The molecule has 0 aliphatic heterocycles. The van der Waals surface area contributed by atoms with Gasteiger partial charge < -0.3 is 30.5 Å². The van der Waals surface area contributed by atoms with Crippen molar-refractivity contribution in [3.05, 3.63) is 84.1 Å². The highest BCUT2D eigenvalue weighted by molar-refractivity contribution is 7.92. The molecule has 0 saturated heterocycles. The molecule has 15 heteroatoms. The van der Waals surface area contributed by atoms with E-state index in [9.17, 15) is 26.4 Å². The minimum Gasteiger partial charge on any atom is -0.490 e. The number of carboxylic acid groups (broad SMARTS) is 1. The van der Waals surface area contributed by atoms with Crippen LogP contribution in [0, 0.1) is 0 Å². The fraction of sp³-hybridized carbons (Fsp3) is 0.361. The Labute approximate surface area is 294 Å². The molecule has 1 aliphatic carbocycles. The quantitative estimate of drug-likeness (QED) is 0.142. The summed E-state index contributed by atoms with van der Waals surface area (Å²) in [5.74, 6) is -1.44. The number of fused-ring (bicyclic) bond motifs is 1. The van der Waals surface area contributed by atoms with Gasteiger partial charge in [-0.3, -0.25) is 4.79 Å². The first kappa shape index (κ1) is 38.7. The Morgan fingerprint density at radius 1 is 1.06 bits per heavy atom. The Bertz CT molecular complexity index is 1970. The lowest BCUT2D eigenvalue weighted by Crippen LogP contribution is -2.36. The first-order valence-corrected chi connectivity index (χ1v) is 17.8. The van der Waals surface area contributed by atoms with Crippen molar-refractivity contribution >= 4 is 44.0 Å². The van der Waals surface area contributed by atoms with Crippen LogP contribution in [0.15, 0.2) is 77.8 Å². The summed E-state index contributed by atoms with van der Waals surface area (Å²) in [4.78, 5) is 29.2. The molecule has 3 aromatic carbocycles. The zero-order valence-corrected chi connectivity index (χ0v) is 29.4. The van der Waals surface area contributed by atoms with E-state index in [1.54, 1.807) is 42.4 Å². The molecule has 0 bridgehead atoms. The number of nitrogen functional groups attached to an aromatic ring is 1. The van der Waals surface area contributed by atoms with Crippen LogP contribution in [0.2, 0.25) is 0 Å². The SMILES string of the molecule is CCOc1cc([C@H](Nc2ccc3c(N)nccc3c2)C(=O)N(C)Cc2ccccc2S(=O)(=O)C2CCC2)ccc1OC(C)C.O=C(O)C(F)(F)F. The largest absolute Gasteiger partial charge is 0.490 e. The Kier molecular flexibility index (Phi) is 12.4. The number of carbonyl (C=O) groups is 2. The Morgan fingerprint density at radius 3 is 2.35 bits per heavy atom. The van der Waals surface area contributed by atoms with Crippen molar-refractivity contribution in [2.75, 3.05) is 24.7 Å². The normalized spacial score (nSPS) is 13.8. The van der Waals surface area contributed by atoms with Crippen LogP contribution in [-0.2, 0) is 26.0 Å². The lowest BCUT2D eigenvalue weighted by molar-refractivity contribution is -0.192. The molecule has 0 spiro atoms. The molecule has 4 N–H and O–H groups in total. The summed E-state index contributed by atoms with van der Waals surface area (Å²) in [7, 11) is -1.78. The molecule has 5 rings (SSSR count). The summed E-state index contributed by atoms with van der Waals surface area (Å²) in [5.41, 5.74) is 8.05. The van der Waals surface area contributed by atoms with Gasteiger partial charge in [-0.1, -0.05) is 30.7 Å². The molecule has 1 saturated carbocycles. The number of alkyl halides is 3. The monoisotopic (exact) mass is 730 g/mol. The van der Waals surface area contributed by atoms with Crippen LogP contribution >= 0.6 is 0 Å². The minimum atomic E-state index is -5.08. The number of ether oxygens (including phenoxy) is 2. The molecule has 11 nitrogen and oxygen atoms in total. The number of nitrogens with zero attached hydrogens (tertiary/aromatic N) is 2. The molecule has 274 valence electrons. The molecular formula is C36H41F3N4O7S. The van der Waals surface area contributed by atoms with Crippen molar-refractivity contribution in [2.24, 2.45) is 0 Å². The third kappa shape index (κ3) is 9.60. The second-order valence-electron chi connectivity index (χ2n) is 12.2. The van der Waals surface area contributed by atoms with Gasteiger partial charge in [-0.15, -0.1) is 0 Å². The van der Waals surface area contributed by atoms with Gasteiger partial charge in [-0.2, -0.15) is 13.2 Å². The number of pyridine rings is 1. The zero-order valence-electron chi connectivity index (χ0n) is 28.6. The van der Waals surface area contributed by atoms with Gasteiger partial charge >= 0.3 is 12.1 Å². The van der Waals surface area contributed by atoms with Crippen LogP contribution in [0.3, 0.4) is 0 Å². The number of sulfone groups is 1. The zero-order chi connectivity index (χ0) is 37.5. The summed E-state index contributed by atoms with van der Waals surface area (Å²) < 4.78 is 70.3. The summed E-state index contributed by atoms with van der Waals surface area (Å²) in [6.07, 6.45) is -1.24. The highest BCUT2D eigenvalue weighted by atomic mass is 32.2. The Balaban J connectivity index is 0.000000755. The lowest BCUT2D eigenvalue weighted by atomic mass is 10.00. The maximum absolute atomic E-state index is 14.3. The van der Waals surface area contributed by atoms with Gasteiger partial charge in [0.25, 0.3) is 0 Å². The van der Waals surface area contributed by atoms with Crippen LogP contribution in [0.5, 0.6) is 11.5 Å². The molecule has 0 unspecified atom stereocenters. The van der Waals surface area contributed by atoms with Crippen molar-refractivity contribution in [3.63, 3.8) is 0 Å². The van der Waals surface area contributed by atoms with Gasteiger partial charge in [0, 0.05) is 30.9 Å². The molecule has 1 amide bonds. The number of nitrogens with one attached hydrogen (secondary N) is 1. The van der Waals surface area contributed by atoms with Gasteiger partial charge in [-0.05, 0) is 92.6 Å². The van der Waals surface area contributed by atoms with Crippen molar-refractivity contribution in [2.45, 2.75) is 75.0 Å². The number of hydrogen-bond donors (Lipinski definition) is 3. The predicted molar refractivity (Wildman–Crippen MR) is 187 cm³/mol. The molecule has 51 heavy (non-hydrogen) atoms.